The van der Waals surface area contributed by atoms with E-state index in [1.54, 1.807) is 0 Å². The van der Waals surface area contributed by atoms with Gasteiger partial charge in [-0.3, -0.25) is 9.89 Å². The second-order valence-corrected chi connectivity index (χ2v) is 6.49. The number of likely N-dealkylation sites (tertiary alicyclic amines) is 1. The van der Waals surface area contributed by atoms with Gasteiger partial charge in [-0.05, 0) is 38.8 Å². The molecule has 2 rings (SSSR count). The van der Waals surface area contributed by atoms with Gasteiger partial charge in [0.25, 0.3) is 0 Å². The third kappa shape index (κ3) is 4.33. The van der Waals surface area contributed by atoms with Crippen molar-refractivity contribution in [2.75, 3.05) is 40.3 Å². The first-order valence-electron chi connectivity index (χ1n) is 8.49. The van der Waals surface area contributed by atoms with Crippen LogP contribution in [0, 0.1) is 5.92 Å². The van der Waals surface area contributed by atoms with E-state index in [1.807, 2.05) is 7.05 Å². The molecule has 0 aromatic rings. The lowest BCUT2D eigenvalue weighted by Gasteiger charge is -2.30. The van der Waals surface area contributed by atoms with Crippen molar-refractivity contribution in [3.05, 3.63) is 0 Å². The maximum Gasteiger partial charge on any atom is 0.193 e. The predicted octanol–water partition coefficient (Wildman–Crippen LogP) is 1.14. The molecule has 3 atom stereocenters. The molecular weight excluding hydrogens is 264 g/mol. The zero-order chi connectivity index (χ0) is 15.2. The smallest absolute Gasteiger partial charge is 0.193 e. The average molecular weight is 296 g/mol. The largest absolute Gasteiger partial charge is 0.393 e. The summed E-state index contributed by atoms with van der Waals surface area (Å²) in [6, 6.07) is 0.649. The number of hydrogen-bond donors (Lipinski definition) is 2. The minimum absolute atomic E-state index is 0.133. The Bertz CT molecular complexity index is 347. The van der Waals surface area contributed by atoms with Crippen LogP contribution in [0.5, 0.6) is 0 Å². The van der Waals surface area contributed by atoms with Crippen molar-refractivity contribution < 1.29 is 5.11 Å². The predicted molar refractivity (Wildman–Crippen MR) is 87.6 cm³/mol. The molecule has 0 amide bonds. The van der Waals surface area contributed by atoms with Gasteiger partial charge in [-0.15, -0.1) is 0 Å². The summed E-state index contributed by atoms with van der Waals surface area (Å²) in [4.78, 5) is 9.19. The molecule has 0 aromatic heterocycles. The van der Waals surface area contributed by atoms with Crippen LogP contribution in [0.3, 0.4) is 0 Å². The molecule has 5 nitrogen and oxygen atoms in total. The summed E-state index contributed by atoms with van der Waals surface area (Å²) < 4.78 is 0. The van der Waals surface area contributed by atoms with Gasteiger partial charge in [0.05, 0.1) is 6.10 Å². The summed E-state index contributed by atoms with van der Waals surface area (Å²) >= 11 is 0. The first-order chi connectivity index (χ1) is 10.2. The Labute approximate surface area is 129 Å². The summed E-state index contributed by atoms with van der Waals surface area (Å²) in [6.07, 6.45) is 5.69. The molecule has 2 fully saturated rings. The molecule has 0 spiro atoms. The average Bonchev–Trinajstić information content (AvgIpc) is 3.08. The number of aliphatic imine (C=N–C) groups is 1. The first-order valence-corrected chi connectivity index (χ1v) is 8.49. The molecule has 122 valence electrons. The van der Waals surface area contributed by atoms with Crippen LogP contribution in [-0.2, 0) is 0 Å². The highest BCUT2D eigenvalue weighted by atomic mass is 16.3. The van der Waals surface area contributed by atoms with E-state index in [0.717, 1.165) is 44.9 Å². The lowest BCUT2D eigenvalue weighted by molar-refractivity contribution is 0.133. The van der Waals surface area contributed by atoms with Gasteiger partial charge >= 0.3 is 0 Å². The van der Waals surface area contributed by atoms with Gasteiger partial charge in [-0.2, -0.15) is 0 Å². The van der Waals surface area contributed by atoms with E-state index in [1.165, 1.54) is 19.4 Å². The Hall–Kier alpha value is -0.810. The van der Waals surface area contributed by atoms with Gasteiger partial charge in [0.1, 0.15) is 0 Å². The maximum atomic E-state index is 9.91. The molecule has 0 bridgehead atoms. The van der Waals surface area contributed by atoms with Crippen LogP contribution in [0.2, 0.25) is 0 Å². The summed E-state index contributed by atoms with van der Waals surface area (Å²) in [6.45, 7) is 6.47. The van der Waals surface area contributed by atoms with Gasteiger partial charge < -0.3 is 15.3 Å². The second-order valence-electron chi connectivity index (χ2n) is 6.49. The third-order valence-corrected chi connectivity index (χ3v) is 5.10. The number of likely N-dealkylation sites (N-methyl/N-ethyl adjacent to an activating group) is 2. The van der Waals surface area contributed by atoms with Crippen molar-refractivity contribution in [1.82, 2.24) is 15.1 Å². The van der Waals surface area contributed by atoms with E-state index in [9.17, 15) is 5.11 Å². The standard InChI is InChI=1S/C16H32N4O/c1-4-20-10-6-8-14(20)12-19(3)16(17-2)18-11-13-7-5-9-15(13)21/h13-15,21H,4-12H2,1-3H3,(H,17,18). The number of guanidine groups is 1. The lowest BCUT2D eigenvalue weighted by atomic mass is 10.1. The number of hydrogen-bond acceptors (Lipinski definition) is 3. The van der Waals surface area contributed by atoms with Crippen molar-refractivity contribution in [1.29, 1.82) is 0 Å². The van der Waals surface area contributed by atoms with Gasteiger partial charge in [0, 0.05) is 39.1 Å². The minimum Gasteiger partial charge on any atom is -0.393 e. The van der Waals surface area contributed by atoms with E-state index in [-0.39, 0.29) is 6.10 Å². The quantitative estimate of drug-likeness (QED) is 0.590. The molecule has 0 aromatic carbocycles. The highest BCUT2D eigenvalue weighted by Gasteiger charge is 2.27. The van der Waals surface area contributed by atoms with Crippen LogP contribution >= 0.6 is 0 Å². The molecule has 2 aliphatic rings. The first kappa shape index (κ1) is 16.6. The molecule has 0 radical (unpaired) electrons. The maximum absolute atomic E-state index is 9.91. The lowest BCUT2D eigenvalue weighted by Crippen LogP contribution is -2.47. The molecule has 21 heavy (non-hydrogen) atoms. The fourth-order valence-corrected chi connectivity index (χ4v) is 3.78. The number of rotatable bonds is 5. The molecule has 1 saturated carbocycles. The van der Waals surface area contributed by atoms with Crippen molar-refractivity contribution in [3.63, 3.8) is 0 Å². The number of nitrogens with one attached hydrogen (secondary N) is 1. The van der Waals surface area contributed by atoms with Crippen LogP contribution in [0.1, 0.15) is 39.0 Å². The summed E-state index contributed by atoms with van der Waals surface area (Å²) in [7, 11) is 3.96. The molecule has 3 unspecified atom stereocenters. The highest BCUT2D eigenvalue weighted by Crippen LogP contribution is 2.24. The zero-order valence-electron chi connectivity index (χ0n) is 13.9. The van der Waals surface area contributed by atoms with E-state index < -0.39 is 0 Å². The number of aliphatic hydroxyl groups is 1. The Morgan fingerprint density at radius 3 is 2.76 bits per heavy atom. The Morgan fingerprint density at radius 1 is 1.33 bits per heavy atom. The Morgan fingerprint density at radius 2 is 2.14 bits per heavy atom. The van der Waals surface area contributed by atoms with E-state index in [2.05, 4.69) is 34.1 Å². The van der Waals surface area contributed by atoms with Crippen molar-refractivity contribution in [2.45, 2.75) is 51.2 Å². The summed E-state index contributed by atoms with van der Waals surface area (Å²) in [5.74, 6) is 1.34. The van der Waals surface area contributed by atoms with Crippen molar-refractivity contribution in [3.8, 4) is 0 Å². The van der Waals surface area contributed by atoms with Gasteiger partial charge in [-0.1, -0.05) is 13.3 Å². The van der Waals surface area contributed by atoms with Crippen molar-refractivity contribution >= 4 is 5.96 Å². The third-order valence-electron chi connectivity index (χ3n) is 5.10. The van der Waals surface area contributed by atoms with Crippen molar-refractivity contribution in [2.24, 2.45) is 10.9 Å². The molecular formula is C16H32N4O. The van der Waals surface area contributed by atoms with Crippen LogP contribution in [0.4, 0.5) is 0 Å². The summed E-state index contributed by atoms with van der Waals surface area (Å²) in [5.41, 5.74) is 0. The minimum atomic E-state index is -0.133. The van der Waals surface area contributed by atoms with Gasteiger partial charge in [0.15, 0.2) is 5.96 Å². The van der Waals surface area contributed by atoms with Crippen LogP contribution in [0.15, 0.2) is 4.99 Å². The number of nitrogens with zero attached hydrogens (tertiary/aromatic N) is 3. The monoisotopic (exact) mass is 296 g/mol. The Balaban J connectivity index is 1.80. The fraction of sp³-hybridized carbons (Fsp3) is 0.938. The topological polar surface area (TPSA) is 51.1 Å². The SMILES string of the molecule is CCN1CCCC1CN(C)C(=NC)NCC1CCCC1O. The molecule has 1 heterocycles. The normalized spacial score (nSPS) is 30.9. The van der Waals surface area contributed by atoms with E-state index >= 15 is 0 Å². The molecule has 2 N–H and O–H groups in total. The van der Waals surface area contributed by atoms with Gasteiger partial charge in [-0.25, -0.2) is 0 Å². The molecule has 5 heteroatoms. The van der Waals surface area contributed by atoms with Gasteiger partial charge in [0.2, 0.25) is 0 Å². The van der Waals surface area contributed by atoms with Crippen LogP contribution < -0.4 is 5.32 Å². The second kappa shape index (κ2) is 7.99. The van der Waals surface area contributed by atoms with Crippen LogP contribution in [-0.4, -0.2) is 73.3 Å². The summed E-state index contributed by atoms with van der Waals surface area (Å²) in [5, 5.41) is 13.4. The highest BCUT2D eigenvalue weighted by molar-refractivity contribution is 5.79. The molecule has 1 aliphatic carbocycles. The zero-order valence-corrected chi connectivity index (χ0v) is 13.9. The van der Waals surface area contributed by atoms with Crippen LogP contribution in [0.25, 0.3) is 0 Å². The molecule has 1 saturated heterocycles. The van der Waals surface area contributed by atoms with E-state index in [4.69, 9.17) is 0 Å². The molecule has 1 aliphatic heterocycles. The number of aliphatic hydroxyl groups excluding tert-OH is 1. The van der Waals surface area contributed by atoms with E-state index in [0.29, 0.717) is 12.0 Å². The Kier molecular flexibility index (Phi) is 6.30. The fourth-order valence-electron chi connectivity index (χ4n) is 3.78.